The molecular weight excluding hydrogens is 1420 g/mol. The summed E-state index contributed by atoms with van der Waals surface area (Å²) in [5.41, 5.74) is 14.4. The van der Waals surface area contributed by atoms with Gasteiger partial charge in [0.2, 0.25) is 5.95 Å². The lowest BCUT2D eigenvalue weighted by atomic mass is 9.85. The topological polar surface area (TPSA) is 61.4 Å². The van der Waals surface area contributed by atoms with E-state index in [2.05, 4.69) is 338 Å². The molecule has 0 aliphatic heterocycles. The monoisotopic (exact) mass is 1470 g/mol. The Labute approximate surface area is 651 Å². The van der Waals surface area contributed by atoms with Crippen molar-refractivity contribution in [1.29, 1.82) is 0 Å². The van der Waals surface area contributed by atoms with Gasteiger partial charge in [0, 0.05) is 110 Å². The van der Waals surface area contributed by atoms with E-state index < -0.39 is 0 Å². The van der Waals surface area contributed by atoms with Crippen LogP contribution in [0.3, 0.4) is 0 Å². The van der Waals surface area contributed by atoms with Crippen LogP contribution >= 0.6 is 34.0 Å². The van der Waals surface area contributed by atoms with Crippen LogP contribution in [0.15, 0.2) is 315 Å². The lowest BCUT2D eigenvalue weighted by molar-refractivity contribution is 0.635. The smallest absolute Gasteiger partial charge is 0.236 e. The van der Waals surface area contributed by atoms with Gasteiger partial charge in [-0.05, 0) is 147 Å². The number of nitrogens with zero attached hydrogens (tertiary/aromatic N) is 6. The third-order valence-corrected chi connectivity index (χ3v) is 28.4. The molecule has 25 aromatic rings. The molecule has 0 spiro atoms. The summed E-state index contributed by atoms with van der Waals surface area (Å²) in [5.74, 6) is 1.46. The predicted molar refractivity (Wildman–Crippen MR) is 479 cm³/mol. The van der Waals surface area contributed by atoms with Gasteiger partial charge in [0.25, 0.3) is 0 Å². The Morgan fingerprint density at radius 1 is 0.259 bits per heavy atom. The maximum atomic E-state index is 6.05. The van der Waals surface area contributed by atoms with Gasteiger partial charge in [-0.2, -0.15) is 0 Å². The number of hydrogen-bond donors (Lipinski definition) is 0. The molecule has 7 heterocycles. The second-order valence-electron chi connectivity index (χ2n) is 30.9. The first kappa shape index (κ1) is 61.4. The number of thiophene rings is 3. The summed E-state index contributed by atoms with van der Waals surface area (Å²) in [6.07, 6.45) is 0. The summed E-state index contributed by atoms with van der Waals surface area (Å²) in [5, 5.41) is 31.4. The van der Waals surface area contributed by atoms with Gasteiger partial charge < -0.3 is 0 Å². The van der Waals surface area contributed by atoms with E-state index in [9.17, 15) is 0 Å². The number of fused-ring (bicyclic) bond motifs is 36. The van der Waals surface area contributed by atoms with Crippen molar-refractivity contribution in [3.63, 3.8) is 0 Å². The summed E-state index contributed by atoms with van der Waals surface area (Å²) in [6.45, 7) is 4.62. The minimum Gasteiger partial charge on any atom is -0.292 e. The van der Waals surface area contributed by atoms with Gasteiger partial charge in [-0.1, -0.05) is 275 Å². The molecule has 0 unspecified atom stereocenters. The fraction of sp³-hybridized carbons (Fsp3) is 0.0291. The summed E-state index contributed by atoms with van der Waals surface area (Å²) in [7, 11) is 0. The lowest BCUT2D eigenvalue weighted by Gasteiger charge is -2.21. The molecule has 0 N–H and O–H groups in total. The lowest BCUT2D eigenvalue weighted by Crippen LogP contribution is -2.18. The van der Waals surface area contributed by atoms with Crippen molar-refractivity contribution < 1.29 is 0 Å². The van der Waals surface area contributed by atoms with Gasteiger partial charge in [-0.15, -0.1) is 34.0 Å². The zero-order chi connectivity index (χ0) is 73.1. The van der Waals surface area contributed by atoms with Crippen LogP contribution in [0.1, 0.15) is 25.1 Å². The Balaban J connectivity index is 0.724. The van der Waals surface area contributed by atoms with E-state index in [1.807, 2.05) is 22.7 Å². The highest BCUT2D eigenvalue weighted by Crippen LogP contribution is 2.55. The van der Waals surface area contributed by atoms with Crippen LogP contribution in [0.4, 0.5) is 0 Å². The Morgan fingerprint density at radius 3 is 1.31 bits per heavy atom. The zero-order valence-electron chi connectivity index (χ0n) is 60.4. The average molecular weight is 1480 g/mol. The van der Waals surface area contributed by atoms with Crippen molar-refractivity contribution in [1.82, 2.24) is 29.1 Å². The van der Waals surface area contributed by atoms with Gasteiger partial charge in [0.05, 0.1) is 39.1 Å². The normalized spacial score (nSPS) is 13.2. The van der Waals surface area contributed by atoms with Gasteiger partial charge in [0.15, 0.2) is 5.82 Å². The average Bonchev–Trinajstić information content (AvgIpc) is 1.50. The Kier molecular flexibility index (Phi) is 12.2. The standard InChI is InChI=1S/C103H58N6S3/c1-103(2)79-38-16-13-33-74(79)95-99(103)104-96(76-37-20-35-73-67-31-15-18-40-85(67)111-98(73)76)100(105-95)108-80-48-42-55-21-3-5-23-59(55)89(80)92-82(108)50-46-70-64-28-9-10-29-65(64)77-53-57(41-45-71(77)88(70)92)58-44-52-86-78(54-58)91-94(75-36-19-34-72-66-30-14-17-39-84(66)110-97(72)75)106-102(107-101(91)112-86)109-81-49-43-56-22-4-6-24-60(56)90(81)93-83(109)51-47-69-63-27-8-7-25-61(63)62-26-11-12-32-68(62)87(69)93/h3-54H,1-2H3. The number of hydrogen-bond acceptors (Lipinski definition) is 7. The molecule has 0 atom stereocenters. The quantitative estimate of drug-likeness (QED) is 0.161. The van der Waals surface area contributed by atoms with Crippen LogP contribution in [0, 0.1) is 0 Å². The largest absolute Gasteiger partial charge is 0.292 e. The molecule has 0 radical (unpaired) electrons. The maximum Gasteiger partial charge on any atom is 0.236 e. The molecule has 1 aliphatic carbocycles. The molecule has 7 aromatic heterocycles. The molecule has 26 rings (SSSR count). The minimum atomic E-state index is -0.386. The molecule has 18 aromatic carbocycles. The van der Waals surface area contributed by atoms with Crippen LogP contribution in [0.5, 0.6) is 0 Å². The molecule has 6 nitrogen and oxygen atoms in total. The van der Waals surface area contributed by atoms with Crippen LogP contribution in [0.2, 0.25) is 0 Å². The van der Waals surface area contributed by atoms with Crippen molar-refractivity contribution >= 4 is 224 Å². The second kappa shape index (κ2) is 22.3. The highest BCUT2D eigenvalue weighted by molar-refractivity contribution is 7.27. The summed E-state index contributed by atoms with van der Waals surface area (Å²) < 4.78 is 10.9. The van der Waals surface area contributed by atoms with E-state index in [4.69, 9.17) is 19.9 Å². The Hall–Kier alpha value is -13.5. The fourth-order valence-electron chi connectivity index (χ4n) is 20.0. The molecule has 0 saturated carbocycles. The highest BCUT2D eigenvalue weighted by atomic mass is 32.1. The molecule has 0 saturated heterocycles. The molecule has 9 heteroatoms. The van der Waals surface area contributed by atoms with Crippen molar-refractivity contribution in [3.8, 4) is 56.7 Å². The van der Waals surface area contributed by atoms with Crippen LogP contribution < -0.4 is 0 Å². The van der Waals surface area contributed by atoms with Crippen molar-refractivity contribution in [3.05, 3.63) is 327 Å². The van der Waals surface area contributed by atoms with E-state index in [0.29, 0.717) is 5.95 Å². The Morgan fingerprint density at radius 2 is 0.688 bits per heavy atom. The molecule has 518 valence electrons. The van der Waals surface area contributed by atoms with Crippen molar-refractivity contribution in [2.75, 3.05) is 0 Å². The van der Waals surface area contributed by atoms with Gasteiger partial charge in [0.1, 0.15) is 10.5 Å². The SMILES string of the molecule is CC1(C)c2ccccc2-c2nc(-n3c4ccc5ccccc5c4c4c5c(ccc43)c3ccccc3c3cc(-c4ccc6sc7nc(-n8c9ccc%10ccccc%10c9c9c%10c%11ccccc%11c%11ccccc%11c%10ccc98)nc(-c8cccc9c8sc8ccccc89)c7c6c4)ccc35)c(-c3cccc4c3sc3ccccc34)nc21. The predicted octanol–water partition coefficient (Wildman–Crippen LogP) is 29.1. The highest BCUT2D eigenvalue weighted by Gasteiger charge is 2.40. The Bertz CT molecular complexity index is 8610. The first-order chi connectivity index (χ1) is 55.3. The minimum absolute atomic E-state index is 0.386. The first-order valence-electron chi connectivity index (χ1n) is 38.3. The summed E-state index contributed by atoms with van der Waals surface area (Å²) >= 11 is 5.45. The van der Waals surface area contributed by atoms with Gasteiger partial charge >= 0.3 is 0 Å². The van der Waals surface area contributed by atoms with Crippen molar-refractivity contribution in [2.24, 2.45) is 0 Å². The van der Waals surface area contributed by atoms with Gasteiger partial charge in [-0.25, -0.2) is 19.9 Å². The van der Waals surface area contributed by atoms with Crippen molar-refractivity contribution in [2.45, 2.75) is 19.3 Å². The molecule has 112 heavy (non-hydrogen) atoms. The van der Waals surface area contributed by atoms with E-state index >= 15 is 0 Å². The molecule has 1 aliphatic rings. The van der Waals surface area contributed by atoms with E-state index in [-0.39, 0.29) is 5.41 Å². The van der Waals surface area contributed by atoms with Crippen LogP contribution in [0.25, 0.3) is 247 Å². The fourth-order valence-corrected chi connectivity index (χ4v) is 23.4. The molecular formula is C103H58N6S3. The maximum absolute atomic E-state index is 6.05. The number of rotatable bonds is 5. The van der Waals surface area contributed by atoms with Crippen LogP contribution in [-0.2, 0) is 5.41 Å². The molecule has 0 amide bonds. The number of aromatic nitrogens is 6. The second-order valence-corrected chi connectivity index (χ2v) is 34.0. The van der Waals surface area contributed by atoms with E-state index in [1.165, 1.54) is 154 Å². The number of benzene rings is 18. The molecule has 0 fully saturated rings. The zero-order valence-corrected chi connectivity index (χ0v) is 62.9. The summed E-state index contributed by atoms with van der Waals surface area (Å²) in [6, 6.07) is 118. The van der Waals surface area contributed by atoms with Crippen LogP contribution in [-0.4, -0.2) is 29.1 Å². The summed E-state index contributed by atoms with van der Waals surface area (Å²) in [4.78, 5) is 24.9. The third-order valence-electron chi connectivity index (χ3n) is 24.9. The van der Waals surface area contributed by atoms with Gasteiger partial charge in [-0.3, -0.25) is 9.13 Å². The van der Waals surface area contributed by atoms with E-state index in [1.54, 1.807) is 11.3 Å². The van der Waals surface area contributed by atoms with E-state index in [0.717, 1.165) is 98.8 Å². The molecule has 0 bridgehead atoms. The first-order valence-corrected chi connectivity index (χ1v) is 40.8. The third kappa shape index (κ3) is 8.15.